The van der Waals surface area contributed by atoms with Gasteiger partial charge in [-0.25, -0.2) is 4.98 Å². The van der Waals surface area contributed by atoms with Gasteiger partial charge in [-0.1, -0.05) is 17.4 Å². The molecule has 4 rings (SSSR count). The number of ether oxygens (including phenoxy) is 2. The summed E-state index contributed by atoms with van der Waals surface area (Å²) in [6.45, 7) is 0.248. The highest BCUT2D eigenvalue weighted by Crippen LogP contribution is 2.39. The second-order valence-electron chi connectivity index (χ2n) is 5.90. The van der Waals surface area contributed by atoms with Gasteiger partial charge in [0.25, 0.3) is 0 Å². The molecule has 26 heavy (non-hydrogen) atoms. The van der Waals surface area contributed by atoms with Crippen LogP contribution in [0.25, 0.3) is 21.3 Å². The highest BCUT2D eigenvalue weighted by atomic mass is 32.1. The van der Waals surface area contributed by atoms with E-state index in [0.29, 0.717) is 11.6 Å². The Balaban J connectivity index is 1.84. The van der Waals surface area contributed by atoms with Gasteiger partial charge in [0, 0.05) is 30.9 Å². The summed E-state index contributed by atoms with van der Waals surface area (Å²) in [6.07, 6.45) is 3.73. The maximum atomic E-state index is 7.29. The summed E-state index contributed by atoms with van der Waals surface area (Å²) in [4.78, 5) is 4.52. The van der Waals surface area contributed by atoms with Crippen molar-refractivity contribution in [3.8, 4) is 22.6 Å². The first-order valence-electron chi connectivity index (χ1n) is 8.14. The van der Waals surface area contributed by atoms with Gasteiger partial charge in [-0.15, -0.1) is 0 Å². The topological polar surface area (TPSA) is 93.2 Å². The fourth-order valence-corrected chi connectivity index (χ4v) is 3.87. The van der Waals surface area contributed by atoms with E-state index in [1.165, 1.54) is 17.6 Å². The van der Waals surface area contributed by atoms with Crippen molar-refractivity contribution >= 4 is 32.9 Å². The van der Waals surface area contributed by atoms with Crippen LogP contribution < -0.4 is 20.5 Å². The molecule has 3 aromatic rings. The molecule has 0 aliphatic carbocycles. The van der Waals surface area contributed by atoms with Gasteiger partial charge < -0.3 is 25.9 Å². The maximum Gasteiger partial charge on any atom is 0.231 e. The third-order valence-corrected chi connectivity index (χ3v) is 5.09. The van der Waals surface area contributed by atoms with Crippen LogP contribution in [0.3, 0.4) is 0 Å². The monoisotopic (exact) mass is 366 g/mol. The summed E-state index contributed by atoms with van der Waals surface area (Å²) in [7, 11) is 1.86. The van der Waals surface area contributed by atoms with Crippen molar-refractivity contribution in [3.05, 3.63) is 47.7 Å². The summed E-state index contributed by atoms with van der Waals surface area (Å²) in [5.74, 6) is 1.49. The Kier molecular flexibility index (Phi) is 4.22. The molecule has 1 aliphatic rings. The lowest BCUT2D eigenvalue weighted by molar-refractivity contribution is 0.174. The molecule has 0 amide bonds. The molecule has 132 valence electrons. The van der Waals surface area contributed by atoms with Crippen LogP contribution in [-0.4, -0.2) is 25.0 Å². The van der Waals surface area contributed by atoms with Crippen LogP contribution in [0.2, 0.25) is 0 Å². The molecule has 0 fully saturated rings. The first-order chi connectivity index (χ1) is 12.7. The molecular weight excluding hydrogens is 348 g/mol. The minimum atomic E-state index is 0.248. The second-order valence-corrected chi connectivity index (χ2v) is 6.96. The fraction of sp³-hybridized carbons (Fsp3) is 0.158. The summed E-state index contributed by atoms with van der Waals surface area (Å²) < 4.78 is 12.0. The van der Waals surface area contributed by atoms with Crippen LogP contribution in [0.15, 0.2) is 42.1 Å². The molecule has 0 spiro atoms. The van der Waals surface area contributed by atoms with E-state index < -0.39 is 0 Å². The minimum absolute atomic E-state index is 0.248. The average molecular weight is 366 g/mol. The number of aromatic nitrogens is 1. The zero-order valence-corrected chi connectivity index (χ0v) is 15.0. The third kappa shape index (κ3) is 2.97. The van der Waals surface area contributed by atoms with E-state index in [2.05, 4.69) is 22.4 Å². The molecule has 0 bridgehead atoms. The number of rotatable bonds is 5. The zero-order valence-electron chi connectivity index (χ0n) is 14.2. The Morgan fingerprint density at radius 2 is 2.15 bits per heavy atom. The highest BCUT2D eigenvalue weighted by Gasteiger charge is 2.17. The van der Waals surface area contributed by atoms with E-state index in [9.17, 15) is 0 Å². The van der Waals surface area contributed by atoms with Gasteiger partial charge in [-0.2, -0.15) is 0 Å². The van der Waals surface area contributed by atoms with E-state index >= 15 is 0 Å². The second kappa shape index (κ2) is 6.68. The standard InChI is InChI=1S/C19H18N4O2S/c1-22-13(4-5-20)6-11-7-14(18-17(8-11)26-19(21)23-18)12-2-3-15-16(9-12)25-10-24-15/h2-5,7-9,20,22H,6,10H2,1H3,(H2,21,23)/b13-4-,20-5?. The van der Waals surface area contributed by atoms with E-state index in [1.54, 1.807) is 6.08 Å². The van der Waals surface area contributed by atoms with Gasteiger partial charge >= 0.3 is 0 Å². The molecular formula is C19H18N4O2S. The van der Waals surface area contributed by atoms with Crippen LogP contribution in [0.5, 0.6) is 11.5 Å². The molecule has 2 aromatic carbocycles. The van der Waals surface area contributed by atoms with Crippen LogP contribution >= 0.6 is 11.3 Å². The lowest BCUT2D eigenvalue weighted by Crippen LogP contribution is -2.08. The van der Waals surface area contributed by atoms with E-state index in [4.69, 9.17) is 20.6 Å². The number of likely N-dealkylation sites (N-methyl/N-ethyl adjacent to an activating group) is 1. The van der Waals surface area contributed by atoms with Gasteiger partial charge in [0.1, 0.15) is 0 Å². The Morgan fingerprint density at radius 3 is 2.96 bits per heavy atom. The largest absolute Gasteiger partial charge is 0.454 e. The fourth-order valence-electron chi connectivity index (χ4n) is 3.04. The van der Waals surface area contributed by atoms with Crippen LogP contribution in [0.4, 0.5) is 5.13 Å². The Labute approximate surface area is 154 Å². The van der Waals surface area contributed by atoms with Crippen molar-refractivity contribution < 1.29 is 9.47 Å². The number of thiazole rings is 1. The molecule has 0 unspecified atom stereocenters. The van der Waals surface area contributed by atoms with Crippen LogP contribution in [0, 0.1) is 5.41 Å². The first kappa shape index (κ1) is 16.4. The highest BCUT2D eigenvalue weighted by molar-refractivity contribution is 7.22. The van der Waals surface area contributed by atoms with Gasteiger partial charge in [-0.3, -0.25) is 0 Å². The van der Waals surface area contributed by atoms with Gasteiger partial charge in [0.2, 0.25) is 6.79 Å². The first-order valence-corrected chi connectivity index (χ1v) is 8.96. The molecule has 1 aromatic heterocycles. The average Bonchev–Trinajstić information content (AvgIpc) is 3.25. The maximum absolute atomic E-state index is 7.29. The molecule has 0 saturated carbocycles. The molecule has 6 nitrogen and oxygen atoms in total. The number of hydrogen-bond donors (Lipinski definition) is 3. The summed E-state index contributed by atoms with van der Waals surface area (Å²) in [6, 6.07) is 10.1. The third-order valence-electron chi connectivity index (χ3n) is 4.26. The lowest BCUT2D eigenvalue weighted by atomic mass is 9.99. The SMILES string of the molecule is CN/C(=C\C=N)Cc1cc(-c2ccc3c(c2)OCO3)c2nc(N)sc2c1. The number of allylic oxidation sites excluding steroid dienone is 2. The van der Waals surface area contributed by atoms with Gasteiger partial charge in [-0.05, 0) is 41.5 Å². The van der Waals surface area contributed by atoms with E-state index in [1.807, 2.05) is 25.2 Å². The number of fused-ring (bicyclic) bond motifs is 2. The number of nitrogens with zero attached hydrogens (tertiary/aromatic N) is 1. The van der Waals surface area contributed by atoms with Crippen LogP contribution in [-0.2, 0) is 6.42 Å². The molecule has 1 aliphatic heterocycles. The Bertz CT molecular complexity index is 1030. The minimum Gasteiger partial charge on any atom is -0.454 e. The number of nitrogen functional groups attached to an aromatic ring is 1. The molecule has 7 heteroatoms. The van der Waals surface area contributed by atoms with Crippen molar-refractivity contribution in [1.29, 1.82) is 5.41 Å². The van der Waals surface area contributed by atoms with Crippen molar-refractivity contribution in [2.75, 3.05) is 19.6 Å². The van der Waals surface area contributed by atoms with Crippen molar-refractivity contribution in [1.82, 2.24) is 10.3 Å². The zero-order chi connectivity index (χ0) is 18.1. The predicted octanol–water partition coefficient (Wildman–Crippen LogP) is 3.57. The Hall–Kier alpha value is -3.06. The van der Waals surface area contributed by atoms with Crippen molar-refractivity contribution in [2.45, 2.75) is 6.42 Å². The number of benzene rings is 2. The predicted molar refractivity (Wildman–Crippen MR) is 105 cm³/mol. The van der Waals surface area contributed by atoms with Crippen molar-refractivity contribution in [3.63, 3.8) is 0 Å². The summed E-state index contributed by atoms with van der Waals surface area (Å²) >= 11 is 1.47. The van der Waals surface area contributed by atoms with Gasteiger partial charge in [0.05, 0.1) is 10.2 Å². The number of nitrogens with one attached hydrogen (secondary N) is 2. The summed E-state index contributed by atoms with van der Waals surface area (Å²) in [5, 5.41) is 11.0. The molecule has 0 radical (unpaired) electrons. The van der Waals surface area contributed by atoms with Crippen LogP contribution in [0.1, 0.15) is 5.56 Å². The number of hydrogen-bond acceptors (Lipinski definition) is 7. The van der Waals surface area contributed by atoms with Crippen molar-refractivity contribution in [2.24, 2.45) is 0 Å². The number of nitrogens with two attached hydrogens (primary N) is 1. The lowest BCUT2D eigenvalue weighted by Gasteiger charge is -2.10. The van der Waals surface area contributed by atoms with E-state index in [-0.39, 0.29) is 6.79 Å². The normalized spacial score (nSPS) is 13.2. The summed E-state index contributed by atoms with van der Waals surface area (Å²) in [5.41, 5.74) is 11.0. The number of anilines is 1. The Morgan fingerprint density at radius 1 is 1.31 bits per heavy atom. The quantitative estimate of drug-likeness (QED) is 0.600. The van der Waals surface area contributed by atoms with E-state index in [0.717, 1.165) is 44.1 Å². The van der Waals surface area contributed by atoms with Gasteiger partial charge in [0.15, 0.2) is 16.6 Å². The molecule has 0 atom stereocenters. The molecule has 2 heterocycles. The molecule has 4 N–H and O–H groups in total. The smallest absolute Gasteiger partial charge is 0.231 e. The molecule has 0 saturated heterocycles.